The van der Waals surface area contributed by atoms with Crippen LogP contribution in [0.2, 0.25) is 5.02 Å². The first-order chi connectivity index (χ1) is 19.1. The van der Waals surface area contributed by atoms with Gasteiger partial charge in [-0.1, -0.05) is 17.7 Å². The summed E-state index contributed by atoms with van der Waals surface area (Å²) < 4.78 is 8.18. The van der Waals surface area contributed by atoms with E-state index in [0.29, 0.717) is 39.3 Å². The number of ether oxygens (including phenoxy) is 1. The minimum atomic E-state index is 0.326. The normalized spacial score (nSPS) is 14.4. The molecule has 2 aromatic carbocycles. The molecule has 0 bridgehead atoms. The zero-order valence-corrected chi connectivity index (χ0v) is 22.0. The predicted molar refractivity (Wildman–Crippen MR) is 151 cm³/mol. The van der Waals surface area contributed by atoms with Crippen LogP contribution in [0.1, 0.15) is 24.7 Å². The number of aromatic nitrogens is 7. The van der Waals surface area contributed by atoms with Crippen molar-refractivity contribution < 1.29 is 4.74 Å². The minimum absolute atomic E-state index is 0.326. The van der Waals surface area contributed by atoms with Crippen molar-refractivity contribution in [2.24, 2.45) is 0 Å². The number of benzene rings is 2. The van der Waals surface area contributed by atoms with Crippen molar-refractivity contribution in [3.8, 4) is 22.8 Å². The summed E-state index contributed by atoms with van der Waals surface area (Å²) in [4.78, 5) is 23.9. The average molecular weight is 537 g/mol. The van der Waals surface area contributed by atoms with Crippen LogP contribution in [0.15, 0.2) is 73.3 Å². The number of fused-ring (bicyclic) bond motifs is 2. The third kappa shape index (κ3) is 4.55. The SMILES string of the molecule is Cc1nc2ccc(Oc3ccc4ncc(-c5cnn(C6CCN(c7ccccn7)CC6)c5)nc4c3Cl)cc2[nH]1. The molecule has 7 rings (SSSR count). The van der Waals surface area contributed by atoms with E-state index in [4.69, 9.17) is 21.3 Å². The van der Waals surface area contributed by atoms with E-state index >= 15 is 0 Å². The third-order valence-corrected chi connectivity index (χ3v) is 7.49. The number of piperidine rings is 1. The Kier molecular flexibility index (Phi) is 5.85. The summed E-state index contributed by atoms with van der Waals surface area (Å²) in [5, 5.41) is 5.08. The van der Waals surface area contributed by atoms with Gasteiger partial charge in [0.2, 0.25) is 0 Å². The van der Waals surface area contributed by atoms with Crippen LogP contribution >= 0.6 is 11.6 Å². The molecule has 5 heterocycles. The maximum absolute atomic E-state index is 6.79. The van der Waals surface area contributed by atoms with Gasteiger partial charge >= 0.3 is 0 Å². The molecule has 0 spiro atoms. The van der Waals surface area contributed by atoms with Gasteiger partial charge in [-0.25, -0.2) is 15.0 Å². The van der Waals surface area contributed by atoms with Crippen LogP contribution in [0.4, 0.5) is 5.82 Å². The van der Waals surface area contributed by atoms with E-state index < -0.39 is 0 Å². The summed E-state index contributed by atoms with van der Waals surface area (Å²) in [5.41, 5.74) is 4.70. The first kappa shape index (κ1) is 23.6. The van der Waals surface area contributed by atoms with E-state index in [1.54, 1.807) is 6.20 Å². The molecule has 1 fully saturated rings. The highest BCUT2D eigenvalue weighted by Gasteiger charge is 2.22. The summed E-state index contributed by atoms with van der Waals surface area (Å²) in [6.45, 7) is 3.81. The number of hydrogen-bond donors (Lipinski definition) is 1. The van der Waals surface area contributed by atoms with Gasteiger partial charge in [-0.05, 0) is 56.2 Å². The van der Waals surface area contributed by atoms with Crippen molar-refractivity contribution in [3.05, 3.63) is 84.2 Å². The number of nitrogens with zero attached hydrogens (tertiary/aromatic N) is 7. The summed E-state index contributed by atoms with van der Waals surface area (Å²) in [6, 6.07) is 15.7. The Morgan fingerprint density at radius 3 is 2.69 bits per heavy atom. The first-order valence-corrected chi connectivity index (χ1v) is 13.3. The largest absolute Gasteiger partial charge is 0.456 e. The molecule has 0 saturated carbocycles. The Morgan fingerprint density at radius 1 is 0.974 bits per heavy atom. The zero-order valence-electron chi connectivity index (χ0n) is 21.3. The molecule has 0 radical (unpaired) electrons. The van der Waals surface area contributed by atoms with Crippen molar-refractivity contribution in [2.45, 2.75) is 25.8 Å². The molecule has 1 aliphatic heterocycles. The molecule has 10 heteroatoms. The van der Waals surface area contributed by atoms with Crippen molar-refractivity contribution in [2.75, 3.05) is 18.0 Å². The van der Waals surface area contributed by atoms with E-state index in [-0.39, 0.29) is 0 Å². The number of aromatic amines is 1. The second-order valence-corrected chi connectivity index (χ2v) is 10.1. The summed E-state index contributed by atoms with van der Waals surface area (Å²) in [7, 11) is 0. The predicted octanol–water partition coefficient (Wildman–Crippen LogP) is 6.36. The minimum Gasteiger partial charge on any atom is -0.456 e. The van der Waals surface area contributed by atoms with Gasteiger partial charge in [-0.2, -0.15) is 5.10 Å². The third-order valence-electron chi connectivity index (χ3n) is 7.13. The topological polar surface area (TPSA) is 97.6 Å². The fourth-order valence-corrected chi connectivity index (χ4v) is 5.36. The van der Waals surface area contributed by atoms with Crippen LogP contribution in [0.3, 0.4) is 0 Å². The van der Waals surface area contributed by atoms with Crippen molar-refractivity contribution >= 4 is 39.5 Å². The van der Waals surface area contributed by atoms with Crippen molar-refractivity contribution in [1.29, 1.82) is 0 Å². The second-order valence-electron chi connectivity index (χ2n) is 9.72. The fourth-order valence-electron chi connectivity index (χ4n) is 5.12. The molecule has 1 N–H and O–H groups in total. The monoisotopic (exact) mass is 536 g/mol. The molecule has 0 unspecified atom stereocenters. The van der Waals surface area contributed by atoms with Gasteiger partial charge in [-0.15, -0.1) is 0 Å². The molecule has 1 saturated heterocycles. The second kappa shape index (κ2) is 9.67. The van der Waals surface area contributed by atoms with E-state index in [2.05, 4.69) is 36.0 Å². The van der Waals surface area contributed by atoms with Gasteiger partial charge in [0.1, 0.15) is 33.7 Å². The van der Waals surface area contributed by atoms with Gasteiger partial charge in [0.15, 0.2) is 0 Å². The van der Waals surface area contributed by atoms with Crippen LogP contribution in [-0.2, 0) is 0 Å². The number of pyridine rings is 1. The molecule has 39 heavy (non-hydrogen) atoms. The molecule has 4 aromatic heterocycles. The molecule has 9 nitrogen and oxygen atoms in total. The zero-order chi connectivity index (χ0) is 26.3. The lowest BCUT2D eigenvalue weighted by Gasteiger charge is -2.32. The number of nitrogens with one attached hydrogen (secondary N) is 1. The van der Waals surface area contributed by atoms with E-state index in [1.165, 1.54) is 0 Å². The Balaban J connectivity index is 1.11. The standard InChI is InChI=1S/C29H25ClN8O/c1-18-34-22-6-5-21(14-24(22)35-18)39-26-8-7-23-29(28(26)30)36-25(16-32-23)19-15-33-38(17-19)20-9-12-37(13-10-20)27-4-2-3-11-31-27/h2-8,11,14-17,20H,9-10,12-13H2,1H3,(H,34,35). The van der Waals surface area contributed by atoms with Gasteiger partial charge < -0.3 is 14.6 Å². The lowest BCUT2D eigenvalue weighted by Crippen LogP contribution is -2.35. The number of anilines is 1. The number of H-pyrrole nitrogens is 1. The summed E-state index contributed by atoms with van der Waals surface area (Å²) >= 11 is 6.79. The molecule has 0 aliphatic carbocycles. The quantitative estimate of drug-likeness (QED) is 0.274. The molecule has 1 aliphatic rings. The van der Waals surface area contributed by atoms with Crippen LogP contribution in [0, 0.1) is 6.92 Å². The molecule has 194 valence electrons. The van der Waals surface area contributed by atoms with Crippen LogP contribution < -0.4 is 9.64 Å². The number of hydrogen-bond acceptors (Lipinski definition) is 7. The molecule has 0 amide bonds. The lowest BCUT2D eigenvalue weighted by molar-refractivity contribution is 0.366. The van der Waals surface area contributed by atoms with E-state index in [9.17, 15) is 0 Å². The maximum Gasteiger partial charge on any atom is 0.148 e. The van der Waals surface area contributed by atoms with Gasteiger partial charge in [0.25, 0.3) is 0 Å². The molecule has 6 aromatic rings. The lowest BCUT2D eigenvalue weighted by atomic mass is 10.1. The number of rotatable bonds is 5. The highest BCUT2D eigenvalue weighted by Crippen LogP contribution is 2.36. The van der Waals surface area contributed by atoms with Gasteiger partial charge in [0, 0.05) is 37.1 Å². The van der Waals surface area contributed by atoms with Crippen LogP contribution in [-0.4, -0.2) is 47.8 Å². The Hall–Kier alpha value is -4.50. The fraction of sp³-hybridized carbons (Fsp3) is 0.207. The smallest absolute Gasteiger partial charge is 0.148 e. The highest BCUT2D eigenvalue weighted by atomic mass is 35.5. The van der Waals surface area contributed by atoms with Gasteiger partial charge in [-0.3, -0.25) is 9.67 Å². The Bertz CT molecular complexity index is 1790. The Morgan fingerprint density at radius 2 is 1.85 bits per heavy atom. The first-order valence-electron chi connectivity index (χ1n) is 12.9. The maximum atomic E-state index is 6.79. The van der Waals surface area contributed by atoms with Crippen LogP contribution in [0.25, 0.3) is 33.3 Å². The average Bonchev–Trinajstić information content (AvgIpc) is 3.61. The molecule has 0 atom stereocenters. The van der Waals surface area contributed by atoms with Gasteiger partial charge in [0.05, 0.1) is 40.7 Å². The van der Waals surface area contributed by atoms with E-state index in [0.717, 1.165) is 54.2 Å². The number of halogens is 1. The number of imidazole rings is 1. The molecular weight excluding hydrogens is 512 g/mol. The Labute approximate surface area is 229 Å². The summed E-state index contributed by atoms with van der Waals surface area (Å²) in [6.07, 6.45) is 9.49. The van der Waals surface area contributed by atoms with Crippen LogP contribution in [0.5, 0.6) is 11.5 Å². The summed E-state index contributed by atoms with van der Waals surface area (Å²) in [5.74, 6) is 3.06. The van der Waals surface area contributed by atoms with Crippen molar-refractivity contribution in [1.82, 2.24) is 34.7 Å². The number of aryl methyl sites for hydroxylation is 1. The molecular formula is C29H25ClN8O. The van der Waals surface area contributed by atoms with Crippen molar-refractivity contribution in [3.63, 3.8) is 0 Å². The van der Waals surface area contributed by atoms with E-state index in [1.807, 2.05) is 72.7 Å². The highest BCUT2D eigenvalue weighted by molar-refractivity contribution is 6.36.